The smallest absolute Gasteiger partial charge is 0.333 e. The average molecular weight is 675 g/mol. The highest BCUT2D eigenvalue weighted by Crippen LogP contribution is 2.35. The second kappa shape index (κ2) is 17.9. The summed E-state index contributed by atoms with van der Waals surface area (Å²) in [5.74, 6) is -0.864. The van der Waals surface area contributed by atoms with Crippen LogP contribution in [0.1, 0.15) is 83.1 Å². The lowest BCUT2D eigenvalue weighted by molar-refractivity contribution is -0.620. The molecule has 5 rings (SSSR count). The Bertz CT molecular complexity index is 1500. The van der Waals surface area contributed by atoms with Crippen LogP contribution in [0.15, 0.2) is 60.9 Å². The van der Waals surface area contributed by atoms with E-state index < -0.39 is 30.2 Å². The molecule has 2 saturated carbocycles. The van der Waals surface area contributed by atoms with Gasteiger partial charge in [-0.2, -0.15) is 0 Å². The van der Waals surface area contributed by atoms with Crippen molar-refractivity contribution in [3.8, 4) is 0 Å². The number of benzene rings is 2. The van der Waals surface area contributed by atoms with Crippen molar-refractivity contribution in [2.24, 2.45) is 17.8 Å². The molecule has 0 bridgehead atoms. The Kier molecular flexibility index (Phi) is 13.4. The minimum Gasteiger partial charge on any atom is -0.390 e. The Morgan fingerprint density at radius 1 is 1.00 bits per heavy atom. The zero-order valence-corrected chi connectivity index (χ0v) is 29.3. The molecule has 1 aromatic heterocycles. The van der Waals surface area contributed by atoms with Gasteiger partial charge >= 0.3 is 5.91 Å². The van der Waals surface area contributed by atoms with Gasteiger partial charge in [0, 0.05) is 33.0 Å². The molecule has 2 fully saturated rings. The summed E-state index contributed by atoms with van der Waals surface area (Å²) in [7, 11) is 1.76. The fourth-order valence-electron chi connectivity index (χ4n) is 7.37. The summed E-state index contributed by atoms with van der Waals surface area (Å²) in [5, 5.41) is 26.7. The number of nitrogens with zero attached hydrogens (tertiary/aromatic N) is 3. The molecule has 5 N–H and O–H groups in total. The number of hydrogen-bond acceptors (Lipinski definition) is 6. The molecule has 3 aromatic rings. The maximum Gasteiger partial charge on any atom is 0.333 e. The predicted octanol–water partition coefficient (Wildman–Crippen LogP) is 3.59. The van der Waals surface area contributed by atoms with E-state index in [1.165, 1.54) is 6.42 Å². The van der Waals surface area contributed by atoms with Gasteiger partial charge in [0.25, 0.3) is 0 Å². The van der Waals surface area contributed by atoms with Crippen LogP contribution in [0.5, 0.6) is 0 Å². The molecule has 0 saturated heterocycles. The van der Waals surface area contributed by atoms with Crippen molar-refractivity contribution in [2.45, 2.75) is 115 Å². The number of carbonyl (C=O) groups excluding carboxylic acids is 3. The molecule has 0 aliphatic heterocycles. The molecule has 2 aromatic carbocycles. The van der Waals surface area contributed by atoms with Gasteiger partial charge in [0.05, 0.1) is 29.4 Å². The number of amides is 3. The molecule has 1 heterocycles. The third-order valence-corrected chi connectivity index (χ3v) is 10.6. The number of para-hydroxylation sites is 2. The normalized spacial score (nSPS) is 18.4. The molecule has 10 nitrogen and oxygen atoms in total. The molecular weight excluding hydrogens is 618 g/mol. The molecule has 10 heteroatoms. The van der Waals surface area contributed by atoms with E-state index in [-0.39, 0.29) is 30.1 Å². The Balaban J connectivity index is 1.25. The second-order valence-electron chi connectivity index (χ2n) is 14.5. The second-order valence-corrected chi connectivity index (χ2v) is 14.5. The van der Waals surface area contributed by atoms with Crippen molar-refractivity contribution in [1.82, 2.24) is 19.8 Å². The van der Waals surface area contributed by atoms with Crippen LogP contribution in [0.4, 0.5) is 0 Å². The molecule has 2 unspecified atom stereocenters. The molecule has 3 amide bonds. The molecule has 0 radical (unpaired) electrons. The number of imidazole rings is 1. The Labute approximate surface area is 290 Å². The summed E-state index contributed by atoms with van der Waals surface area (Å²) in [6, 6.07) is 16.3. The first-order valence-corrected chi connectivity index (χ1v) is 18.5. The number of hydrogen-bond donors (Lipinski definition) is 4. The van der Waals surface area contributed by atoms with Crippen molar-refractivity contribution in [1.29, 1.82) is 0 Å². The lowest BCUT2D eigenvalue weighted by Crippen LogP contribution is -2.98. The standard InChI is InChI=1S/C39H55N5O5/c1-3-12-32(39(49)42-33(24-28-15-8-5-9-16-28)37(47)36(46)29-19-20-29)41-38(48)30(23-27-13-6-4-7-14-27)25-35(45)43(2)21-22-44-26-40-31-17-10-11-18-34(31)44/h4,6-7,10-11,13-14,17-18,26,28-30,32-33,36-37,46-47H,3,5,8-9,12,15-16,19-25H2,1-2H3,(H,41,48)(H,42,49)/p+1/t30-,32?,33+,36+,37?/m1/s1. The first kappa shape index (κ1) is 36.7. The van der Waals surface area contributed by atoms with Gasteiger partial charge in [0.1, 0.15) is 18.2 Å². The number of quaternary nitrogens is 1. The third kappa shape index (κ3) is 10.4. The molecule has 266 valence electrons. The van der Waals surface area contributed by atoms with Gasteiger partial charge in [-0.25, -0.2) is 9.78 Å². The van der Waals surface area contributed by atoms with Gasteiger partial charge in [0.2, 0.25) is 11.8 Å². The average Bonchev–Trinajstić information content (AvgIpc) is 3.89. The summed E-state index contributed by atoms with van der Waals surface area (Å²) in [4.78, 5) is 47.5. The highest BCUT2D eigenvalue weighted by atomic mass is 16.3. The summed E-state index contributed by atoms with van der Waals surface area (Å²) >= 11 is 0. The fraction of sp³-hybridized carbons (Fsp3) is 0.590. The minimum atomic E-state index is -1.00. The highest BCUT2D eigenvalue weighted by molar-refractivity contribution is 5.88. The van der Waals surface area contributed by atoms with E-state index in [2.05, 4.69) is 10.3 Å². The van der Waals surface area contributed by atoms with Crippen LogP contribution in [0, 0.1) is 17.8 Å². The monoisotopic (exact) mass is 674 g/mol. The van der Waals surface area contributed by atoms with E-state index in [0.717, 1.165) is 55.1 Å². The summed E-state index contributed by atoms with van der Waals surface area (Å²) in [5.41, 5.74) is 2.85. The van der Waals surface area contributed by atoms with Crippen LogP contribution in [0.3, 0.4) is 0 Å². The number of primary amides is 1. The summed E-state index contributed by atoms with van der Waals surface area (Å²) < 4.78 is 2.02. The van der Waals surface area contributed by atoms with E-state index in [0.29, 0.717) is 44.7 Å². The van der Waals surface area contributed by atoms with Crippen molar-refractivity contribution in [2.75, 3.05) is 13.6 Å². The minimum absolute atomic E-state index is 0.00918. The predicted molar refractivity (Wildman–Crippen MR) is 189 cm³/mol. The van der Waals surface area contributed by atoms with Crippen LogP contribution >= 0.6 is 0 Å². The van der Waals surface area contributed by atoms with E-state index in [1.807, 2.05) is 66.1 Å². The topological polar surface area (TPSA) is 141 Å². The lowest BCUT2D eigenvalue weighted by Gasteiger charge is -2.30. The molecule has 2 aliphatic carbocycles. The Morgan fingerprint density at radius 3 is 2.43 bits per heavy atom. The SMILES string of the molecule is CCCC(NC(=O)[C@@H](CC(=O)N(C)CCn1cnc2ccccc21)Cc1ccccc1)C(=O)[NH2+][C@@H](CC1CCCCC1)C(O)[C@@H](O)C1CC1. The number of nitrogens with one attached hydrogen (secondary N) is 1. The van der Waals surface area contributed by atoms with E-state index >= 15 is 0 Å². The number of aliphatic hydroxyl groups excluding tert-OH is 2. The maximum absolute atomic E-state index is 14.0. The van der Waals surface area contributed by atoms with Crippen LogP contribution in [0.25, 0.3) is 11.0 Å². The number of carbonyl (C=O) groups is 3. The van der Waals surface area contributed by atoms with Gasteiger partial charge in [-0.3, -0.25) is 14.9 Å². The van der Waals surface area contributed by atoms with Gasteiger partial charge in [-0.1, -0.05) is 87.9 Å². The Hall–Kier alpha value is -3.60. The molecule has 2 aliphatic rings. The zero-order valence-electron chi connectivity index (χ0n) is 29.3. The molecule has 0 spiro atoms. The largest absolute Gasteiger partial charge is 0.390 e. The summed E-state index contributed by atoms with van der Waals surface area (Å²) in [6.45, 7) is 3.01. The van der Waals surface area contributed by atoms with Crippen LogP contribution in [-0.2, 0) is 27.3 Å². The lowest BCUT2D eigenvalue weighted by atomic mass is 9.82. The molecule has 5 atom stereocenters. The molecular formula is C39H56N5O5+. The van der Waals surface area contributed by atoms with Crippen molar-refractivity contribution < 1.29 is 29.9 Å². The number of likely N-dealkylation sites (N-methyl/N-ethyl adjacent to an activating group) is 1. The third-order valence-electron chi connectivity index (χ3n) is 10.6. The van der Waals surface area contributed by atoms with Gasteiger partial charge < -0.3 is 25.0 Å². The zero-order chi connectivity index (χ0) is 34.8. The summed E-state index contributed by atoms with van der Waals surface area (Å²) in [6.07, 6.45) is 9.55. The highest BCUT2D eigenvalue weighted by Gasteiger charge is 2.42. The van der Waals surface area contributed by atoms with E-state index in [9.17, 15) is 24.6 Å². The fourth-order valence-corrected chi connectivity index (χ4v) is 7.37. The number of aromatic nitrogens is 2. The van der Waals surface area contributed by atoms with Gasteiger partial charge in [-0.05, 0) is 55.2 Å². The van der Waals surface area contributed by atoms with Crippen LogP contribution in [0.2, 0.25) is 0 Å². The number of nitrogens with two attached hydrogens (primary N) is 1. The maximum atomic E-state index is 14.0. The van der Waals surface area contributed by atoms with Crippen LogP contribution < -0.4 is 10.6 Å². The first-order chi connectivity index (χ1) is 23.7. The first-order valence-electron chi connectivity index (χ1n) is 18.5. The van der Waals surface area contributed by atoms with E-state index in [1.54, 1.807) is 23.6 Å². The number of aliphatic hydroxyl groups is 2. The number of rotatable bonds is 18. The van der Waals surface area contributed by atoms with Crippen molar-refractivity contribution in [3.63, 3.8) is 0 Å². The van der Waals surface area contributed by atoms with E-state index in [4.69, 9.17) is 0 Å². The van der Waals surface area contributed by atoms with Crippen molar-refractivity contribution in [3.05, 3.63) is 66.5 Å². The Morgan fingerprint density at radius 2 is 1.71 bits per heavy atom. The van der Waals surface area contributed by atoms with Gasteiger partial charge in [-0.15, -0.1) is 0 Å². The quantitative estimate of drug-likeness (QED) is 0.163. The van der Waals surface area contributed by atoms with Crippen LogP contribution in [-0.4, -0.2) is 80.3 Å². The number of fused-ring (bicyclic) bond motifs is 1. The van der Waals surface area contributed by atoms with Gasteiger partial charge in [0.15, 0.2) is 0 Å². The molecule has 49 heavy (non-hydrogen) atoms. The van der Waals surface area contributed by atoms with Crippen molar-refractivity contribution >= 4 is 28.8 Å².